The summed E-state index contributed by atoms with van der Waals surface area (Å²) in [6, 6.07) is 0. The highest BCUT2D eigenvalue weighted by Gasteiger charge is 2.21. The van der Waals surface area contributed by atoms with Crippen molar-refractivity contribution in [2.24, 2.45) is 0 Å². The average Bonchev–Trinajstić information content (AvgIpc) is 2.92. The van der Waals surface area contributed by atoms with Crippen LogP contribution in [0.1, 0.15) is 33.4 Å². The molecule has 1 rings (SSSR count). The SMILES string of the molecule is CCn1cncc1CNCCN(CCOC)C(=O)OC(C)(C)C. The fourth-order valence-corrected chi connectivity index (χ4v) is 2.03. The molecule has 7 heteroatoms. The third-order valence-electron chi connectivity index (χ3n) is 3.22. The van der Waals surface area contributed by atoms with E-state index in [1.165, 1.54) is 0 Å². The van der Waals surface area contributed by atoms with Gasteiger partial charge in [0.05, 0.1) is 18.6 Å². The van der Waals surface area contributed by atoms with Crippen molar-refractivity contribution in [3.05, 3.63) is 18.2 Å². The fraction of sp³-hybridized carbons (Fsp3) is 0.750. The molecule has 7 nitrogen and oxygen atoms in total. The van der Waals surface area contributed by atoms with Crippen LogP contribution >= 0.6 is 0 Å². The zero-order valence-corrected chi connectivity index (χ0v) is 15.0. The van der Waals surface area contributed by atoms with Crippen LogP contribution in [0.25, 0.3) is 0 Å². The monoisotopic (exact) mass is 326 g/mol. The van der Waals surface area contributed by atoms with Gasteiger partial charge in [-0.15, -0.1) is 0 Å². The standard InChI is InChI=1S/C16H30N4O3/c1-6-19-13-18-12-14(19)11-17-7-8-20(9-10-22-5)15(21)23-16(2,3)4/h12-13,17H,6-11H2,1-5H3. The molecule has 0 saturated heterocycles. The maximum atomic E-state index is 12.2. The molecule has 0 aliphatic heterocycles. The Hall–Kier alpha value is -1.60. The first-order valence-electron chi connectivity index (χ1n) is 8.04. The lowest BCUT2D eigenvalue weighted by Crippen LogP contribution is -2.42. The van der Waals surface area contributed by atoms with Crippen molar-refractivity contribution in [2.75, 3.05) is 33.4 Å². The summed E-state index contributed by atoms with van der Waals surface area (Å²) in [5.74, 6) is 0. The van der Waals surface area contributed by atoms with Gasteiger partial charge in [0.15, 0.2) is 0 Å². The molecule has 0 radical (unpaired) electrons. The minimum atomic E-state index is -0.497. The number of carbonyl (C=O) groups excluding carboxylic acids is 1. The van der Waals surface area contributed by atoms with Gasteiger partial charge in [0.2, 0.25) is 0 Å². The van der Waals surface area contributed by atoms with Gasteiger partial charge in [-0.2, -0.15) is 0 Å². The van der Waals surface area contributed by atoms with Crippen molar-refractivity contribution < 1.29 is 14.3 Å². The van der Waals surface area contributed by atoms with Crippen LogP contribution in [0.3, 0.4) is 0 Å². The number of nitrogens with zero attached hydrogens (tertiary/aromatic N) is 3. The molecule has 0 unspecified atom stereocenters. The Morgan fingerprint density at radius 2 is 2.13 bits per heavy atom. The van der Waals surface area contributed by atoms with Gasteiger partial charge in [-0.25, -0.2) is 9.78 Å². The van der Waals surface area contributed by atoms with Crippen LogP contribution in [0.4, 0.5) is 4.79 Å². The third-order valence-corrected chi connectivity index (χ3v) is 3.22. The first-order chi connectivity index (χ1) is 10.9. The maximum Gasteiger partial charge on any atom is 0.410 e. The Kier molecular flexibility index (Phi) is 8.05. The van der Waals surface area contributed by atoms with Gasteiger partial charge in [0.25, 0.3) is 0 Å². The van der Waals surface area contributed by atoms with Crippen molar-refractivity contribution in [1.82, 2.24) is 19.8 Å². The molecule has 0 aliphatic rings. The molecule has 0 bridgehead atoms. The first-order valence-corrected chi connectivity index (χ1v) is 8.04. The lowest BCUT2D eigenvalue weighted by Gasteiger charge is -2.27. The molecule has 1 aromatic heterocycles. The van der Waals surface area contributed by atoms with Crippen LogP contribution in [-0.4, -0.2) is 59.5 Å². The van der Waals surface area contributed by atoms with E-state index in [9.17, 15) is 4.79 Å². The van der Waals surface area contributed by atoms with Crippen LogP contribution in [0.5, 0.6) is 0 Å². The smallest absolute Gasteiger partial charge is 0.410 e. The van der Waals surface area contributed by atoms with Crippen molar-refractivity contribution in [2.45, 2.75) is 46.4 Å². The Bertz CT molecular complexity index is 468. The van der Waals surface area contributed by atoms with E-state index < -0.39 is 5.60 Å². The Morgan fingerprint density at radius 1 is 1.39 bits per heavy atom. The second-order valence-corrected chi connectivity index (χ2v) is 6.31. The van der Waals surface area contributed by atoms with Gasteiger partial charge in [0.1, 0.15) is 5.60 Å². The summed E-state index contributed by atoms with van der Waals surface area (Å²) in [4.78, 5) is 18.0. The first kappa shape index (κ1) is 19.4. The van der Waals surface area contributed by atoms with E-state index in [0.29, 0.717) is 26.2 Å². The number of hydrogen-bond acceptors (Lipinski definition) is 5. The highest BCUT2D eigenvalue weighted by atomic mass is 16.6. The summed E-state index contributed by atoms with van der Waals surface area (Å²) in [5.41, 5.74) is 0.636. The van der Waals surface area contributed by atoms with E-state index in [4.69, 9.17) is 9.47 Å². The average molecular weight is 326 g/mol. The summed E-state index contributed by atoms with van der Waals surface area (Å²) in [5, 5.41) is 3.34. The van der Waals surface area contributed by atoms with Crippen molar-refractivity contribution in [3.63, 3.8) is 0 Å². The molecule has 132 valence electrons. The van der Waals surface area contributed by atoms with E-state index in [1.54, 1.807) is 12.0 Å². The maximum absolute atomic E-state index is 12.2. The summed E-state index contributed by atoms with van der Waals surface area (Å²) in [6.45, 7) is 11.5. The zero-order chi connectivity index (χ0) is 17.3. The third kappa shape index (κ3) is 7.47. The molecule has 23 heavy (non-hydrogen) atoms. The van der Waals surface area contributed by atoms with E-state index in [0.717, 1.165) is 18.8 Å². The lowest BCUT2D eigenvalue weighted by atomic mass is 10.2. The Labute approximate surface area is 139 Å². The van der Waals surface area contributed by atoms with E-state index in [2.05, 4.69) is 21.8 Å². The minimum Gasteiger partial charge on any atom is -0.444 e. The van der Waals surface area contributed by atoms with Gasteiger partial charge in [0, 0.05) is 46.0 Å². The molecule has 0 fully saturated rings. The van der Waals surface area contributed by atoms with Crippen molar-refractivity contribution in [1.29, 1.82) is 0 Å². The molecule has 1 N–H and O–H groups in total. The quantitative estimate of drug-likeness (QED) is 0.702. The van der Waals surface area contributed by atoms with Gasteiger partial charge in [-0.3, -0.25) is 0 Å². The summed E-state index contributed by atoms with van der Waals surface area (Å²) >= 11 is 0. The van der Waals surface area contributed by atoms with Crippen molar-refractivity contribution in [3.8, 4) is 0 Å². The molecule has 0 aliphatic carbocycles. The highest BCUT2D eigenvalue weighted by molar-refractivity contribution is 5.68. The number of hydrogen-bond donors (Lipinski definition) is 1. The van der Waals surface area contributed by atoms with E-state index in [1.807, 2.05) is 33.3 Å². The molecule has 1 amide bonds. The number of carbonyl (C=O) groups is 1. The largest absolute Gasteiger partial charge is 0.444 e. The van der Waals surface area contributed by atoms with Gasteiger partial charge < -0.3 is 24.3 Å². The van der Waals surface area contributed by atoms with Crippen molar-refractivity contribution >= 4 is 6.09 Å². The van der Waals surface area contributed by atoms with Crippen LogP contribution < -0.4 is 5.32 Å². The second kappa shape index (κ2) is 9.52. The second-order valence-electron chi connectivity index (χ2n) is 6.31. The zero-order valence-electron chi connectivity index (χ0n) is 15.0. The number of ether oxygens (including phenoxy) is 2. The molecule has 0 spiro atoms. The van der Waals surface area contributed by atoms with E-state index >= 15 is 0 Å². The summed E-state index contributed by atoms with van der Waals surface area (Å²) in [6.07, 6.45) is 3.37. The number of nitrogens with one attached hydrogen (secondary N) is 1. The van der Waals surface area contributed by atoms with Gasteiger partial charge in [-0.1, -0.05) is 0 Å². The number of methoxy groups -OCH3 is 1. The summed E-state index contributed by atoms with van der Waals surface area (Å²) < 4.78 is 12.6. The van der Waals surface area contributed by atoms with Crippen LogP contribution in [0.2, 0.25) is 0 Å². The lowest BCUT2D eigenvalue weighted by molar-refractivity contribution is 0.0204. The number of aryl methyl sites for hydroxylation is 1. The molecular formula is C16H30N4O3. The van der Waals surface area contributed by atoms with Crippen LogP contribution in [0, 0.1) is 0 Å². The van der Waals surface area contributed by atoms with Crippen LogP contribution in [0.15, 0.2) is 12.5 Å². The Balaban J connectivity index is 2.43. The molecule has 1 heterocycles. The number of aromatic nitrogens is 2. The molecule has 0 saturated carbocycles. The van der Waals surface area contributed by atoms with E-state index in [-0.39, 0.29) is 6.09 Å². The molecule has 0 aromatic carbocycles. The highest BCUT2D eigenvalue weighted by Crippen LogP contribution is 2.09. The Morgan fingerprint density at radius 3 is 2.74 bits per heavy atom. The topological polar surface area (TPSA) is 68.6 Å². The number of imidazole rings is 1. The predicted molar refractivity (Wildman–Crippen MR) is 89.3 cm³/mol. The predicted octanol–water partition coefficient (Wildman–Crippen LogP) is 1.88. The number of amides is 1. The summed E-state index contributed by atoms with van der Waals surface area (Å²) in [7, 11) is 1.62. The molecule has 1 aromatic rings. The minimum absolute atomic E-state index is 0.310. The number of rotatable bonds is 9. The fourth-order valence-electron chi connectivity index (χ4n) is 2.03. The van der Waals surface area contributed by atoms with Crippen LogP contribution in [-0.2, 0) is 22.6 Å². The molecule has 0 atom stereocenters. The van der Waals surface area contributed by atoms with Gasteiger partial charge in [-0.05, 0) is 27.7 Å². The normalized spacial score (nSPS) is 11.5. The molecular weight excluding hydrogens is 296 g/mol. The van der Waals surface area contributed by atoms with Gasteiger partial charge >= 0.3 is 6.09 Å².